The van der Waals surface area contributed by atoms with E-state index >= 15 is 0 Å². The molecule has 164 valence electrons. The maximum Gasteiger partial charge on any atom is 0.267 e. The number of hydrogen-bond donors (Lipinski definition) is 2. The monoisotopic (exact) mass is 429 g/mol. The zero-order chi connectivity index (χ0) is 22.6. The number of nitrogens with zero attached hydrogens (tertiary/aromatic N) is 3. The minimum absolute atomic E-state index is 0.0750. The summed E-state index contributed by atoms with van der Waals surface area (Å²) in [6.45, 7) is 9.01. The van der Waals surface area contributed by atoms with Gasteiger partial charge in [-0.2, -0.15) is 0 Å². The van der Waals surface area contributed by atoms with Crippen molar-refractivity contribution in [2.24, 2.45) is 5.92 Å². The molecule has 0 bridgehead atoms. The number of fused-ring (bicyclic) bond motifs is 4. The van der Waals surface area contributed by atoms with Crippen LogP contribution in [0.2, 0.25) is 0 Å². The summed E-state index contributed by atoms with van der Waals surface area (Å²) >= 11 is 0. The number of benzene rings is 2. The molecule has 0 unspecified atom stereocenters. The number of carbonyl (C=O) groups excluding carboxylic acids is 2. The van der Waals surface area contributed by atoms with E-state index in [0.29, 0.717) is 23.8 Å². The molecule has 0 saturated carbocycles. The van der Waals surface area contributed by atoms with Crippen molar-refractivity contribution < 1.29 is 9.59 Å². The summed E-state index contributed by atoms with van der Waals surface area (Å²) in [6, 6.07) is 15.6. The Balaban J connectivity index is 1.56. The number of aromatic nitrogens is 3. The van der Waals surface area contributed by atoms with Gasteiger partial charge in [0.15, 0.2) is 0 Å². The van der Waals surface area contributed by atoms with E-state index in [4.69, 9.17) is 0 Å². The Labute approximate surface area is 186 Å². The smallest absolute Gasteiger partial charge is 0.267 e. The fourth-order valence-electron chi connectivity index (χ4n) is 4.57. The molecule has 2 aromatic heterocycles. The summed E-state index contributed by atoms with van der Waals surface area (Å²) in [5, 5.41) is 6.94. The number of imidazole rings is 1. The van der Waals surface area contributed by atoms with Crippen molar-refractivity contribution in [1.82, 2.24) is 19.4 Å². The lowest BCUT2D eigenvalue weighted by molar-refractivity contribution is 0.0948. The standard InChI is InChI=1S/C25H27N5O2/c1-14(2)29-20-8-6-5-7-19(20)27-25(29)28-23(31)18-10-9-17-11-22-24(32)26-13-15(3)16(4)30(22)21(17)12-18/h5-12,14-16H,13H2,1-4H3,(H,26,32)(H,27,28,31)/t15-,16-/m0/s1. The predicted molar refractivity (Wildman–Crippen MR) is 126 cm³/mol. The normalized spacial score (nSPS) is 18.6. The molecular formula is C25H27N5O2. The third-order valence-corrected chi connectivity index (χ3v) is 6.49. The van der Waals surface area contributed by atoms with Crippen LogP contribution < -0.4 is 10.6 Å². The van der Waals surface area contributed by atoms with Crippen molar-refractivity contribution in [3.8, 4) is 0 Å². The van der Waals surface area contributed by atoms with E-state index in [9.17, 15) is 9.59 Å². The highest BCUT2D eigenvalue weighted by molar-refractivity contribution is 6.07. The lowest BCUT2D eigenvalue weighted by Gasteiger charge is -2.20. The topological polar surface area (TPSA) is 81.0 Å². The van der Waals surface area contributed by atoms with E-state index in [-0.39, 0.29) is 29.8 Å². The average molecular weight is 430 g/mol. The van der Waals surface area contributed by atoms with Crippen molar-refractivity contribution in [2.75, 3.05) is 11.9 Å². The molecule has 2 N–H and O–H groups in total. The van der Waals surface area contributed by atoms with Gasteiger partial charge in [0.2, 0.25) is 5.95 Å². The van der Waals surface area contributed by atoms with Crippen LogP contribution in [-0.4, -0.2) is 32.5 Å². The van der Waals surface area contributed by atoms with Gasteiger partial charge in [0.1, 0.15) is 5.69 Å². The Kier molecular flexibility index (Phi) is 4.77. The Morgan fingerprint density at radius 1 is 1.12 bits per heavy atom. The third-order valence-electron chi connectivity index (χ3n) is 6.49. The van der Waals surface area contributed by atoms with Crippen molar-refractivity contribution >= 4 is 39.7 Å². The number of hydrogen-bond acceptors (Lipinski definition) is 3. The summed E-state index contributed by atoms with van der Waals surface area (Å²) in [5.74, 6) is 0.508. The maximum atomic E-state index is 13.2. The third kappa shape index (κ3) is 3.16. The van der Waals surface area contributed by atoms with Gasteiger partial charge in [-0.05, 0) is 57.0 Å². The van der Waals surface area contributed by atoms with Gasteiger partial charge in [0, 0.05) is 35.1 Å². The molecule has 2 aromatic carbocycles. The quantitative estimate of drug-likeness (QED) is 0.492. The summed E-state index contributed by atoms with van der Waals surface area (Å²) in [6.07, 6.45) is 0. The first-order valence-electron chi connectivity index (χ1n) is 11.1. The molecule has 0 spiro atoms. The van der Waals surface area contributed by atoms with Crippen LogP contribution in [0.1, 0.15) is 60.6 Å². The Hall–Kier alpha value is -3.61. The van der Waals surface area contributed by atoms with Crippen molar-refractivity contribution in [3.05, 3.63) is 59.8 Å². The van der Waals surface area contributed by atoms with Crippen LogP contribution in [0.5, 0.6) is 0 Å². The fraction of sp³-hybridized carbons (Fsp3) is 0.320. The molecule has 2 atom stereocenters. The molecule has 3 heterocycles. The molecule has 0 fully saturated rings. The second-order valence-electron chi connectivity index (χ2n) is 8.94. The van der Waals surface area contributed by atoms with Crippen LogP contribution in [0.15, 0.2) is 48.5 Å². The molecule has 7 heteroatoms. The van der Waals surface area contributed by atoms with Gasteiger partial charge >= 0.3 is 0 Å². The molecule has 1 aliphatic rings. The number of para-hydroxylation sites is 2. The van der Waals surface area contributed by atoms with Crippen LogP contribution in [0.4, 0.5) is 5.95 Å². The minimum Gasteiger partial charge on any atom is -0.350 e. The van der Waals surface area contributed by atoms with Gasteiger partial charge in [-0.1, -0.05) is 25.1 Å². The van der Waals surface area contributed by atoms with Gasteiger partial charge in [0.05, 0.1) is 11.0 Å². The number of amides is 2. The Morgan fingerprint density at radius 3 is 2.69 bits per heavy atom. The van der Waals surface area contributed by atoms with E-state index in [1.165, 1.54) is 0 Å². The summed E-state index contributed by atoms with van der Waals surface area (Å²) in [7, 11) is 0. The van der Waals surface area contributed by atoms with E-state index in [2.05, 4.69) is 47.9 Å². The summed E-state index contributed by atoms with van der Waals surface area (Å²) < 4.78 is 4.09. The minimum atomic E-state index is -0.224. The summed E-state index contributed by atoms with van der Waals surface area (Å²) in [4.78, 5) is 30.5. The average Bonchev–Trinajstić information content (AvgIpc) is 3.31. The fourth-order valence-corrected chi connectivity index (χ4v) is 4.57. The molecule has 4 aromatic rings. The van der Waals surface area contributed by atoms with E-state index in [1.807, 2.05) is 47.0 Å². The number of rotatable bonds is 3. The van der Waals surface area contributed by atoms with Gasteiger partial charge in [0.25, 0.3) is 11.8 Å². The molecule has 0 saturated heterocycles. The number of anilines is 1. The first-order valence-corrected chi connectivity index (χ1v) is 11.1. The highest BCUT2D eigenvalue weighted by atomic mass is 16.2. The van der Waals surface area contributed by atoms with Crippen LogP contribution in [0, 0.1) is 5.92 Å². The molecule has 1 aliphatic heterocycles. The second-order valence-corrected chi connectivity index (χ2v) is 8.94. The second kappa shape index (κ2) is 7.51. The van der Waals surface area contributed by atoms with Gasteiger partial charge < -0.3 is 14.5 Å². The Bertz CT molecular complexity index is 1360. The molecule has 32 heavy (non-hydrogen) atoms. The van der Waals surface area contributed by atoms with E-state index < -0.39 is 0 Å². The highest BCUT2D eigenvalue weighted by Crippen LogP contribution is 2.31. The zero-order valence-electron chi connectivity index (χ0n) is 18.7. The van der Waals surface area contributed by atoms with Gasteiger partial charge in [-0.25, -0.2) is 4.98 Å². The lowest BCUT2D eigenvalue weighted by Crippen LogP contribution is -2.26. The van der Waals surface area contributed by atoms with E-state index in [0.717, 1.165) is 21.9 Å². The molecule has 0 radical (unpaired) electrons. The molecule has 5 rings (SSSR count). The molecular weight excluding hydrogens is 402 g/mol. The van der Waals surface area contributed by atoms with Gasteiger partial charge in [-0.3, -0.25) is 14.9 Å². The van der Waals surface area contributed by atoms with Crippen molar-refractivity contribution in [2.45, 2.75) is 39.8 Å². The van der Waals surface area contributed by atoms with Crippen LogP contribution in [-0.2, 0) is 0 Å². The highest BCUT2D eigenvalue weighted by Gasteiger charge is 2.27. The van der Waals surface area contributed by atoms with Crippen LogP contribution >= 0.6 is 0 Å². The first-order chi connectivity index (χ1) is 15.3. The largest absolute Gasteiger partial charge is 0.350 e. The number of nitrogens with one attached hydrogen (secondary N) is 2. The summed E-state index contributed by atoms with van der Waals surface area (Å²) in [5.41, 5.74) is 3.89. The molecule has 0 aliphatic carbocycles. The molecule has 2 amide bonds. The molecule has 7 nitrogen and oxygen atoms in total. The first kappa shape index (κ1) is 20.3. The SMILES string of the molecule is CC(C)n1c(NC(=O)c2ccc3cc4n(c3c2)[C@@H](C)[C@@H](C)CNC4=O)nc2ccccc21. The maximum absolute atomic E-state index is 13.2. The lowest BCUT2D eigenvalue weighted by atomic mass is 10.0. The van der Waals surface area contributed by atoms with Crippen LogP contribution in [0.3, 0.4) is 0 Å². The van der Waals surface area contributed by atoms with E-state index in [1.54, 1.807) is 6.07 Å². The Morgan fingerprint density at radius 2 is 1.91 bits per heavy atom. The van der Waals surface area contributed by atoms with Crippen LogP contribution in [0.25, 0.3) is 21.9 Å². The predicted octanol–water partition coefficient (Wildman–Crippen LogP) is 4.76. The zero-order valence-corrected chi connectivity index (χ0v) is 18.7. The van der Waals surface area contributed by atoms with Gasteiger partial charge in [-0.15, -0.1) is 0 Å². The number of carbonyl (C=O) groups is 2. The van der Waals surface area contributed by atoms with Crippen molar-refractivity contribution in [3.63, 3.8) is 0 Å². The van der Waals surface area contributed by atoms with Crippen molar-refractivity contribution in [1.29, 1.82) is 0 Å².